The third kappa shape index (κ3) is 3.65. The van der Waals surface area contributed by atoms with E-state index in [1.807, 2.05) is 12.1 Å². The number of rotatable bonds is 4. The fourth-order valence-corrected chi connectivity index (χ4v) is 1.85. The van der Waals surface area contributed by atoms with Crippen LogP contribution in [0.25, 0.3) is 0 Å². The molecule has 3 rings (SSSR count). The third-order valence-electron chi connectivity index (χ3n) is 2.94. The summed E-state index contributed by atoms with van der Waals surface area (Å²) >= 11 is 0. The van der Waals surface area contributed by atoms with Crippen LogP contribution >= 0.6 is 0 Å². The zero-order valence-corrected chi connectivity index (χ0v) is 12.0. The van der Waals surface area contributed by atoms with E-state index in [1.165, 1.54) is 6.07 Å². The third-order valence-corrected chi connectivity index (χ3v) is 2.94. The van der Waals surface area contributed by atoms with E-state index in [4.69, 9.17) is 13.9 Å². The molecule has 0 spiro atoms. The van der Waals surface area contributed by atoms with Gasteiger partial charge in [0.2, 0.25) is 5.76 Å². The van der Waals surface area contributed by atoms with Crippen molar-refractivity contribution in [3.63, 3.8) is 0 Å². The first kappa shape index (κ1) is 14.6. The molecule has 0 atom stereocenters. The van der Waals surface area contributed by atoms with Crippen LogP contribution in [0.1, 0.15) is 20.9 Å². The van der Waals surface area contributed by atoms with Crippen molar-refractivity contribution >= 4 is 11.9 Å². The summed E-state index contributed by atoms with van der Waals surface area (Å²) in [5.41, 5.74) is 0.133. The van der Waals surface area contributed by atoms with E-state index in [2.05, 4.69) is 0 Å². The number of carbonyl (C=O) groups excluding carboxylic acids is 2. The number of hydrogen-bond acceptors (Lipinski definition) is 5. The second kappa shape index (κ2) is 6.62. The van der Waals surface area contributed by atoms with Crippen molar-refractivity contribution in [3.05, 3.63) is 84.3 Å². The topological polar surface area (TPSA) is 65.7 Å². The van der Waals surface area contributed by atoms with Gasteiger partial charge in [0.1, 0.15) is 17.8 Å². The van der Waals surface area contributed by atoms with Gasteiger partial charge in [0, 0.05) is 6.07 Å². The van der Waals surface area contributed by atoms with Gasteiger partial charge in [-0.15, -0.1) is 0 Å². The second-order valence-electron chi connectivity index (χ2n) is 4.60. The van der Waals surface area contributed by atoms with E-state index in [-0.39, 0.29) is 11.3 Å². The highest BCUT2D eigenvalue weighted by molar-refractivity contribution is 5.95. The van der Waals surface area contributed by atoms with Crippen LogP contribution < -0.4 is 9.47 Å². The van der Waals surface area contributed by atoms with Gasteiger partial charge in [0.15, 0.2) is 0 Å². The molecule has 2 aromatic carbocycles. The van der Waals surface area contributed by atoms with Crippen LogP contribution in [0.2, 0.25) is 0 Å². The minimum atomic E-state index is -0.685. The molecule has 0 bridgehead atoms. The Kier molecular flexibility index (Phi) is 4.20. The van der Waals surface area contributed by atoms with Crippen molar-refractivity contribution in [2.24, 2.45) is 0 Å². The average Bonchev–Trinajstić information content (AvgIpc) is 3.07. The van der Waals surface area contributed by atoms with Crippen molar-refractivity contribution in [2.45, 2.75) is 0 Å². The lowest BCUT2D eigenvalue weighted by Crippen LogP contribution is -2.09. The maximum Gasteiger partial charge on any atom is 0.379 e. The molecule has 5 heteroatoms. The van der Waals surface area contributed by atoms with Crippen LogP contribution in [0.15, 0.2) is 77.4 Å². The number of ether oxygens (including phenoxy) is 2. The Hall–Kier alpha value is -3.34. The Morgan fingerprint density at radius 2 is 1.26 bits per heavy atom. The monoisotopic (exact) mass is 308 g/mol. The quantitative estimate of drug-likeness (QED) is 0.543. The van der Waals surface area contributed by atoms with E-state index in [1.54, 1.807) is 48.5 Å². The molecule has 114 valence electrons. The van der Waals surface area contributed by atoms with Crippen molar-refractivity contribution in [2.75, 3.05) is 0 Å². The molecule has 1 aromatic heterocycles. The molecule has 0 aliphatic carbocycles. The maximum absolute atomic E-state index is 12.0. The van der Waals surface area contributed by atoms with E-state index >= 15 is 0 Å². The first-order valence-electron chi connectivity index (χ1n) is 6.85. The van der Waals surface area contributed by atoms with Gasteiger partial charge >= 0.3 is 11.9 Å². The van der Waals surface area contributed by atoms with Crippen molar-refractivity contribution in [1.82, 2.24) is 0 Å². The second-order valence-corrected chi connectivity index (χ2v) is 4.60. The molecule has 0 N–H and O–H groups in total. The minimum absolute atomic E-state index is 0.0751. The molecule has 0 aliphatic rings. The largest absolute Gasteiger partial charge is 0.456 e. The van der Waals surface area contributed by atoms with Crippen LogP contribution in [0.5, 0.6) is 11.5 Å². The summed E-state index contributed by atoms with van der Waals surface area (Å²) in [5, 5.41) is 0. The van der Waals surface area contributed by atoms with Crippen LogP contribution in [0.4, 0.5) is 0 Å². The molecule has 23 heavy (non-hydrogen) atoms. The molecule has 0 saturated carbocycles. The van der Waals surface area contributed by atoms with Gasteiger partial charge < -0.3 is 13.9 Å². The normalized spacial score (nSPS) is 10.1. The molecule has 1 heterocycles. The van der Waals surface area contributed by atoms with Crippen molar-refractivity contribution < 1.29 is 23.5 Å². The van der Waals surface area contributed by atoms with Crippen molar-refractivity contribution in [1.29, 1.82) is 0 Å². The van der Waals surface area contributed by atoms with Gasteiger partial charge in [0.25, 0.3) is 0 Å². The molecule has 0 aliphatic heterocycles. The molecule has 0 unspecified atom stereocenters. The molecule has 0 amide bonds. The van der Waals surface area contributed by atoms with Gasteiger partial charge in [-0.3, -0.25) is 0 Å². The number of carbonyl (C=O) groups is 2. The molecule has 0 radical (unpaired) electrons. The Morgan fingerprint density at radius 3 is 1.83 bits per heavy atom. The van der Waals surface area contributed by atoms with Gasteiger partial charge in [-0.25, -0.2) is 9.59 Å². The number of esters is 2. The fourth-order valence-electron chi connectivity index (χ4n) is 1.85. The lowest BCUT2D eigenvalue weighted by atomic mass is 10.3. The van der Waals surface area contributed by atoms with Gasteiger partial charge in [0.05, 0.1) is 5.56 Å². The van der Waals surface area contributed by atoms with Gasteiger partial charge in [-0.05, 0) is 24.3 Å². The van der Waals surface area contributed by atoms with Crippen molar-refractivity contribution in [3.8, 4) is 11.5 Å². The summed E-state index contributed by atoms with van der Waals surface area (Å²) < 4.78 is 15.4. The molecule has 5 nitrogen and oxygen atoms in total. The van der Waals surface area contributed by atoms with Crippen LogP contribution in [0, 0.1) is 0 Å². The highest BCUT2D eigenvalue weighted by atomic mass is 16.5. The van der Waals surface area contributed by atoms with Crippen LogP contribution in [-0.4, -0.2) is 11.9 Å². The molecule has 0 fully saturated rings. The molecule has 0 saturated heterocycles. The fraction of sp³-hybridized carbons (Fsp3) is 0. The lowest BCUT2D eigenvalue weighted by molar-refractivity contribution is 0.0699. The van der Waals surface area contributed by atoms with E-state index in [9.17, 15) is 9.59 Å². The number of benzene rings is 2. The number of furan rings is 1. The highest BCUT2D eigenvalue weighted by Crippen LogP contribution is 2.16. The van der Waals surface area contributed by atoms with E-state index in [0.29, 0.717) is 11.5 Å². The zero-order valence-electron chi connectivity index (χ0n) is 12.0. The standard InChI is InChI=1S/C18H12O5/c19-17(22-14-7-3-1-4-8-14)13-11-16(21-12-13)18(20)23-15-9-5-2-6-10-15/h1-12H. The Labute approximate surface area is 132 Å². The first-order chi connectivity index (χ1) is 11.2. The molecular weight excluding hydrogens is 296 g/mol. The summed E-state index contributed by atoms with van der Waals surface area (Å²) in [7, 11) is 0. The average molecular weight is 308 g/mol. The predicted octanol–water partition coefficient (Wildman–Crippen LogP) is 3.72. The smallest absolute Gasteiger partial charge is 0.379 e. The molecule has 3 aromatic rings. The SMILES string of the molecule is O=C(Oc1ccccc1)c1coc(C(=O)Oc2ccccc2)c1. The van der Waals surface area contributed by atoms with E-state index in [0.717, 1.165) is 6.26 Å². The Bertz CT molecular complexity index is 738. The Balaban J connectivity index is 1.68. The maximum atomic E-state index is 12.0. The minimum Gasteiger partial charge on any atom is -0.456 e. The van der Waals surface area contributed by atoms with Gasteiger partial charge in [-0.1, -0.05) is 36.4 Å². The van der Waals surface area contributed by atoms with Crippen LogP contribution in [-0.2, 0) is 0 Å². The summed E-state index contributed by atoms with van der Waals surface area (Å²) in [4.78, 5) is 23.9. The van der Waals surface area contributed by atoms with E-state index < -0.39 is 11.9 Å². The van der Waals surface area contributed by atoms with Gasteiger partial charge in [-0.2, -0.15) is 0 Å². The summed E-state index contributed by atoms with van der Waals surface area (Å²) in [5.74, 6) is -0.572. The predicted molar refractivity (Wildman–Crippen MR) is 81.5 cm³/mol. The zero-order chi connectivity index (χ0) is 16.1. The number of hydrogen-bond donors (Lipinski definition) is 0. The summed E-state index contributed by atoms with van der Waals surface area (Å²) in [6.07, 6.45) is 1.16. The summed E-state index contributed by atoms with van der Waals surface area (Å²) in [6, 6.07) is 18.5. The lowest BCUT2D eigenvalue weighted by Gasteiger charge is -2.01. The highest BCUT2D eigenvalue weighted by Gasteiger charge is 2.18. The molecular formula is C18H12O5. The van der Waals surface area contributed by atoms with Crippen LogP contribution in [0.3, 0.4) is 0 Å². The first-order valence-corrected chi connectivity index (χ1v) is 6.85. The number of para-hydroxylation sites is 2. The summed E-state index contributed by atoms with van der Waals surface area (Å²) in [6.45, 7) is 0. The Morgan fingerprint density at radius 1 is 0.739 bits per heavy atom.